The Bertz CT molecular complexity index is 728. The average molecular weight is 348 g/mol. The summed E-state index contributed by atoms with van der Waals surface area (Å²) in [6.45, 7) is 0. The summed E-state index contributed by atoms with van der Waals surface area (Å²) in [5.41, 5.74) is 9.37. The standard InChI is InChI=1S/C13H10BrN5O2/c14-9-3-1-2-4-10(9)16-13(21)17-11-6-5-8(18-19-15)7-12(11)20/h1-7,20H,(H2,16,17,21). The van der Waals surface area contributed by atoms with Crippen molar-refractivity contribution in [1.82, 2.24) is 0 Å². The predicted molar refractivity (Wildman–Crippen MR) is 83.7 cm³/mol. The van der Waals surface area contributed by atoms with Crippen molar-refractivity contribution in [3.8, 4) is 5.75 Å². The maximum Gasteiger partial charge on any atom is 0.323 e. The Morgan fingerprint density at radius 1 is 1.19 bits per heavy atom. The number of halogens is 1. The number of carbonyl (C=O) groups excluding carboxylic acids is 1. The Hall–Kier alpha value is -2.70. The number of para-hydroxylation sites is 1. The van der Waals surface area contributed by atoms with Crippen molar-refractivity contribution in [3.63, 3.8) is 0 Å². The second kappa shape index (κ2) is 6.65. The fraction of sp³-hybridized carbons (Fsp3) is 0. The number of hydrogen-bond acceptors (Lipinski definition) is 3. The quantitative estimate of drug-likeness (QED) is 0.322. The number of urea groups is 1. The molecule has 0 unspecified atom stereocenters. The molecule has 0 saturated heterocycles. The van der Waals surface area contributed by atoms with Gasteiger partial charge in [0, 0.05) is 15.1 Å². The molecule has 3 N–H and O–H groups in total. The van der Waals surface area contributed by atoms with E-state index in [1.807, 2.05) is 6.07 Å². The predicted octanol–water partition coefficient (Wildman–Crippen LogP) is 4.74. The smallest absolute Gasteiger partial charge is 0.323 e. The highest BCUT2D eigenvalue weighted by molar-refractivity contribution is 9.10. The largest absolute Gasteiger partial charge is 0.506 e. The minimum atomic E-state index is -0.506. The summed E-state index contributed by atoms with van der Waals surface area (Å²) < 4.78 is 0.739. The van der Waals surface area contributed by atoms with Gasteiger partial charge in [0.1, 0.15) is 5.75 Å². The zero-order valence-corrected chi connectivity index (χ0v) is 12.2. The van der Waals surface area contributed by atoms with E-state index in [1.54, 1.807) is 18.2 Å². The highest BCUT2D eigenvalue weighted by atomic mass is 79.9. The molecule has 2 rings (SSSR count). The maximum atomic E-state index is 11.9. The number of nitrogens with zero attached hydrogens (tertiary/aromatic N) is 3. The molecule has 21 heavy (non-hydrogen) atoms. The molecule has 2 aromatic rings. The van der Waals surface area contributed by atoms with Crippen LogP contribution in [-0.4, -0.2) is 11.1 Å². The topological polar surface area (TPSA) is 110 Å². The van der Waals surface area contributed by atoms with Crippen molar-refractivity contribution in [2.45, 2.75) is 0 Å². The molecule has 0 atom stereocenters. The molecular formula is C13H10BrN5O2. The van der Waals surface area contributed by atoms with E-state index in [0.29, 0.717) is 5.69 Å². The molecule has 0 aromatic heterocycles. The van der Waals surface area contributed by atoms with Crippen LogP contribution in [0.15, 0.2) is 52.1 Å². The third-order valence-corrected chi connectivity index (χ3v) is 3.20. The Kier molecular flexibility index (Phi) is 4.65. The molecule has 0 radical (unpaired) electrons. The van der Waals surface area contributed by atoms with Gasteiger partial charge in [0.05, 0.1) is 11.4 Å². The molecule has 8 heteroatoms. The molecule has 7 nitrogen and oxygen atoms in total. The van der Waals surface area contributed by atoms with Gasteiger partial charge < -0.3 is 15.7 Å². The van der Waals surface area contributed by atoms with Gasteiger partial charge in [-0.15, -0.1) is 0 Å². The van der Waals surface area contributed by atoms with E-state index < -0.39 is 6.03 Å². The second-order valence-corrected chi connectivity index (χ2v) is 4.80. The summed E-state index contributed by atoms with van der Waals surface area (Å²) in [5, 5.41) is 18.2. The Balaban J connectivity index is 2.10. The molecule has 0 aliphatic carbocycles. The minimum Gasteiger partial charge on any atom is -0.506 e. The van der Waals surface area contributed by atoms with Gasteiger partial charge in [-0.25, -0.2) is 4.79 Å². The molecular weight excluding hydrogens is 338 g/mol. The number of azide groups is 1. The van der Waals surface area contributed by atoms with E-state index in [1.165, 1.54) is 18.2 Å². The van der Waals surface area contributed by atoms with E-state index >= 15 is 0 Å². The molecule has 0 saturated carbocycles. The number of benzene rings is 2. The van der Waals surface area contributed by atoms with Crippen molar-refractivity contribution >= 4 is 39.0 Å². The van der Waals surface area contributed by atoms with E-state index in [4.69, 9.17) is 5.53 Å². The van der Waals surface area contributed by atoms with Gasteiger partial charge >= 0.3 is 6.03 Å². The fourth-order valence-electron chi connectivity index (χ4n) is 1.58. The summed E-state index contributed by atoms with van der Waals surface area (Å²) in [4.78, 5) is 14.5. The number of hydrogen-bond donors (Lipinski definition) is 3. The Morgan fingerprint density at radius 3 is 2.57 bits per heavy atom. The lowest BCUT2D eigenvalue weighted by molar-refractivity contribution is 0.262. The summed E-state index contributed by atoms with van der Waals surface area (Å²) in [7, 11) is 0. The number of anilines is 2. The second-order valence-electron chi connectivity index (χ2n) is 3.95. The monoisotopic (exact) mass is 347 g/mol. The van der Waals surface area contributed by atoms with Crippen LogP contribution >= 0.6 is 15.9 Å². The van der Waals surface area contributed by atoms with E-state index in [9.17, 15) is 9.90 Å². The first-order valence-electron chi connectivity index (χ1n) is 5.81. The Labute approximate surface area is 128 Å². The summed E-state index contributed by atoms with van der Waals surface area (Å²) in [5.74, 6) is -0.192. The number of amides is 2. The zero-order chi connectivity index (χ0) is 15.2. The maximum absolute atomic E-state index is 11.9. The van der Waals surface area contributed by atoms with Crippen LogP contribution in [0.5, 0.6) is 5.75 Å². The SMILES string of the molecule is [N-]=[N+]=Nc1ccc(NC(=O)Nc2ccccc2Br)c(O)c1. The van der Waals surface area contributed by atoms with Gasteiger partial charge in [-0.1, -0.05) is 23.3 Å². The number of phenols is 1. The van der Waals surface area contributed by atoms with Crippen LogP contribution in [0.4, 0.5) is 21.9 Å². The van der Waals surface area contributed by atoms with E-state index in [0.717, 1.165) is 4.47 Å². The van der Waals surface area contributed by atoms with Crippen molar-refractivity contribution in [2.75, 3.05) is 10.6 Å². The van der Waals surface area contributed by atoms with Crippen LogP contribution in [0.3, 0.4) is 0 Å². The first-order chi connectivity index (χ1) is 10.1. The van der Waals surface area contributed by atoms with Crippen LogP contribution in [-0.2, 0) is 0 Å². The molecule has 106 valence electrons. The lowest BCUT2D eigenvalue weighted by atomic mass is 10.2. The summed E-state index contributed by atoms with van der Waals surface area (Å²) in [6.07, 6.45) is 0. The molecule has 0 fully saturated rings. The molecule has 0 heterocycles. The third-order valence-electron chi connectivity index (χ3n) is 2.51. The van der Waals surface area contributed by atoms with E-state index in [-0.39, 0.29) is 17.1 Å². The van der Waals surface area contributed by atoms with Gasteiger partial charge in [0.2, 0.25) is 0 Å². The molecule has 2 aromatic carbocycles. The van der Waals surface area contributed by atoms with Crippen molar-refractivity contribution in [2.24, 2.45) is 5.11 Å². The third kappa shape index (κ3) is 3.88. The van der Waals surface area contributed by atoms with Gasteiger partial charge in [-0.2, -0.15) is 0 Å². The summed E-state index contributed by atoms with van der Waals surface area (Å²) in [6, 6.07) is 10.8. The Morgan fingerprint density at radius 2 is 1.90 bits per heavy atom. The van der Waals surface area contributed by atoms with Crippen molar-refractivity contribution < 1.29 is 9.90 Å². The van der Waals surface area contributed by atoms with Gasteiger partial charge in [-0.05, 0) is 45.7 Å². The van der Waals surface area contributed by atoms with Crippen LogP contribution < -0.4 is 10.6 Å². The molecule has 0 aliphatic heterocycles. The number of nitrogens with one attached hydrogen (secondary N) is 2. The van der Waals surface area contributed by atoms with Gasteiger partial charge in [0.15, 0.2) is 0 Å². The molecule has 0 spiro atoms. The average Bonchev–Trinajstić information content (AvgIpc) is 2.45. The first-order valence-corrected chi connectivity index (χ1v) is 6.60. The van der Waals surface area contributed by atoms with Crippen LogP contribution in [0.25, 0.3) is 10.4 Å². The van der Waals surface area contributed by atoms with Crippen LogP contribution in [0.1, 0.15) is 0 Å². The highest BCUT2D eigenvalue weighted by Crippen LogP contribution is 2.28. The first kappa shape index (κ1) is 14.7. The highest BCUT2D eigenvalue weighted by Gasteiger charge is 2.08. The van der Waals surface area contributed by atoms with Gasteiger partial charge in [0.25, 0.3) is 0 Å². The fourth-order valence-corrected chi connectivity index (χ4v) is 1.96. The summed E-state index contributed by atoms with van der Waals surface area (Å²) >= 11 is 3.31. The zero-order valence-electron chi connectivity index (χ0n) is 10.6. The normalized spacial score (nSPS) is 9.57. The van der Waals surface area contributed by atoms with Crippen LogP contribution in [0.2, 0.25) is 0 Å². The molecule has 0 aliphatic rings. The number of aromatic hydroxyl groups is 1. The van der Waals surface area contributed by atoms with Gasteiger partial charge in [-0.3, -0.25) is 0 Å². The van der Waals surface area contributed by atoms with E-state index in [2.05, 4.69) is 36.6 Å². The number of carbonyl (C=O) groups is 1. The molecule has 0 bridgehead atoms. The van der Waals surface area contributed by atoms with Crippen molar-refractivity contribution in [1.29, 1.82) is 0 Å². The van der Waals surface area contributed by atoms with Crippen LogP contribution in [0, 0.1) is 0 Å². The minimum absolute atomic E-state index is 0.192. The number of phenolic OH excluding ortho intramolecular Hbond substituents is 1. The van der Waals surface area contributed by atoms with Crippen molar-refractivity contribution in [3.05, 3.63) is 57.4 Å². The lowest BCUT2D eigenvalue weighted by Crippen LogP contribution is -2.19. The lowest BCUT2D eigenvalue weighted by Gasteiger charge is -2.10. The molecule has 2 amide bonds. The number of rotatable bonds is 3.